The van der Waals surface area contributed by atoms with Crippen molar-refractivity contribution in [3.05, 3.63) is 16.4 Å². The van der Waals surface area contributed by atoms with Gasteiger partial charge in [0.15, 0.2) is 5.69 Å². The van der Waals surface area contributed by atoms with Crippen LogP contribution in [-0.2, 0) is 16.0 Å². The fraction of sp³-hybridized carbons (Fsp3) is 0.467. The first-order chi connectivity index (χ1) is 11.4. The number of carbonyl (C=O) groups excluding carboxylic acids is 2. The SMILES string of the molecule is CC1CN(c2c(CC=O)nc3c(C(N)=O)noc3c2Cl)CC(C)O1. The Balaban J connectivity index is 2.18. The van der Waals surface area contributed by atoms with Crippen molar-refractivity contribution in [2.45, 2.75) is 32.5 Å². The zero-order chi connectivity index (χ0) is 17.4. The van der Waals surface area contributed by atoms with E-state index < -0.39 is 5.91 Å². The maximum atomic E-state index is 11.4. The number of nitrogens with zero attached hydrogens (tertiary/aromatic N) is 3. The van der Waals surface area contributed by atoms with Crippen LogP contribution in [0.3, 0.4) is 0 Å². The standard InChI is InChI=1S/C15H17ClN4O4/c1-7-5-20(6-8(2)23-7)13-9(3-4-21)18-11-12(15(17)22)19-24-14(11)10(13)16/h4,7-8H,3,5-6H2,1-2H3,(H2,17,22). The molecule has 2 N–H and O–H groups in total. The molecular formula is C15H17ClN4O4. The van der Waals surface area contributed by atoms with E-state index >= 15 is 0 Å². The van der Waals surface area contributed by atoms with Crippen molar-refractivity contribution < 1.29 is 18.8 Å². The van der Waals surface area contributed by atoms with Crippen molar-refractivity contribution >= 4 is 40.6 Å². The number of primary amides is 1. The quantitative estimate of drug-likeness (QED) is 0.826. The van der Waals surface area contributed by atoms with E-state index in [9.17, 15) is 9.59 Å². The van der Waals surface area contributed by atoms with Crippen molar-refractivity contribution in [3.8, 4) is 0 Å². The summed E-state index contributed by atoms with van der Waals surface area (Å²) in [4.78, 5) is 28.9. The molecule has 1 fully saturated rings. The van der Waals surface area contributed by atoms with Crippen LogP contribution in [0.1, 0.15) is 30.0 Å². The Bertz CT molecular complexity index is 796. The van der Waals surface area contributed by atoms with Crippen LogP contribution < -0.4 is 10.6 Å². The van der Waals surface area contributed by atoms with Crippen LogP contribution in [0, 0.1) is 0 Å². The summed E-state index contributed by atoms with van der Waals surface area (Å²) in [6, 6.07) is 0. The fourth-order valence-electron chi connectivity index (χ4n) is 3.02. The van der Waals surface area contributed by atoms with Gasteiger partial charge in [0, 0.05) is 19.5 Å². The molecule has 1 aliphatic rings. The third-order valence-electron chi connectivity index (χ3n) is 3.84. The summed E-state index contributed by atoms with van der Waals surface area (Å²) in [5, 5.41) is 3.91. The van der Waals surface area contributed by atoms with E-state index in [1.807, 2.05) is 18.7 Å². The monoisotopic (exact) mass is 352 g/mol. The van der Waals surface area contributed by atoms with Gasteiger partial charge >= 0.3 is 0 Å². The predicted octanol–water partition coefficient (Wildman–Crippen LogP) is 1.33. The molecular weight excluding hydrogens is 336 g/mol. The van der Waals surface area contributed by atoms with Crippen LogP contribution in [0.25, 0.3) is 11.1 Å². The van der Waals surface area contributed by atoms with Crippen molar-refractivity contribution in [3.63, 3.8) is 0 Å². The largest absolute Gasteiger partial charge is 0.372 e. The topological polar surface area (TPSA) is 112 Å². The molecule has 128 valence electrons. The Morgan fingerprint density at radius 1 is 1.42 bits per heavy atom. The number of carbonyl (C=O) groups is 2. The van der Waals surface area contributed by atoms with Crippen LogP contribution in [0.2, 0.25) is 5.02 Å². The molecule has 0 aliphatic carbocycles. The van der Waals surface area contributed by atoms with E-state index in [1.54, 1.807) is 0 Å². The van der Waals surface area contributed by atoms with Crippen molar-refractivity contribution in [1.82, 2.24) is 10.1 Å². The van der Waals surface area contributed by atoms with E-state index in [2.05, 4.69) is 10.1 Å². The Kier molecular flexibility index (Phi) is 4.42. The molecule has 3 rings (SSSR count). The van der Waals surface area contributed by atoms with Gasteiger partial charge in [0.25, 0.3) is 5.91 Å². The second-order valence-corrected chi connectivity index (χ2v) is 6.21. The van der Waals surface area contributed by atoms with Crippen molar-refractivity contribution in [2.24, 2.45) is 5.73 Å². The van der Waals surface area contributed by atoms with Gasteiger partial charge in [-0.15, -0.1) is 0 Å². The summed E-state index contributed by atoms with van der Waals surface area (Å²) < 4.78 is 10.9. The average Bonchev–Trinajstić information content (AvgIpc) is 2.91. The third-order valence-corrected chi connectivity index (χ3v) is 4.19. The number of amides is 1. The van der Waals surface area contributed by atoms with E-state index in [-0.39, 0.29) is 40.4 Å². The molecule has 8 nitrogen and oxygen atoms in total. The van der Waals surface area contributed by atoms with Gasteiger partial charge in [-0.3, -0.25) is 4.79 Å². The lowest BCUT2D eigenvalue weighted by Gasteiger charge is -2.37. The molecule has 2 aromatic rings. The number of anilines is 1. The number of aromatic nitrogens is 2. The smallest absolute Gasteiger partial charge is 0.273 e. The maximum Gasteiger partial charge on any atom is 0.273 e. The molecule has 24 heavy (non-hydrogen) atoms. The van der Waals surface area contributed by atoms with Gasteiger partial charge in [-0.05, 0) is 13.8 Å². The molecule has 1 amide bonds. The number of ether oxygens (including phenoxy) is 1. The minimum Gasteiger partial charge on any atom is -0.372 e. The Morgan fingerprint density at radius 2 is 2.08 bits per heavy atom. The summed E-state index contributed by atoms with van der Waals surface area (Å²) >= 11 is 6.50. The fourth-order valence-corrected chi connectivity index (χ4v) is 3.37. The van der Waals surface area contributed by atoms with Gasteiger partial charge in [0.1, 0.15) is 16.8 Å². The summed E-state index contributed by atoms with van der Waals surface area (Å²) in [5.41, 5.74) is 6.58. The molecule has 9 heteroatoms. The Hall–Kier alpha value is -2.19. The molecule has 2 unspecified atom stereocenters. The van der Waals surface area contributed by atoms with Gasteiger partial charge in [0.2, 0.25) is 5.58 Å². The van der Waals surface area contributed by atoms with Gasteiger partial charge in [-0.25, -0.2) is 4.98 Å². The molecule has 0 spiro atoms. The van der Waals surface area contributed by atoms with Crippen LogP contribution in [0.4, 0.5) is 5.69 Å². The molecule has 0 bridgehead atoms. The number of halogens is 1. The highest BCUT2D eigenvalue weighted by molar-refractivity contribution is 6.38. The van der Waals surface area contributed by atoms with Crippen LogP contribution in [0.5, 0.6) is 0 Å². The van der Waals surface area contributed by atoms with Gasteiger partial charge < -0.3 is 24.7 Å². The normalized spacial score (nSPS) is 21.2. The number of nitrogens with two attached hydrogens (primary N) is 1. The second-order valence-electron chi connectivity index (χ2n) is 5.83. The minimum atomic E-state index is -0.768. The Morgan fingerprint density at radius 3 is 2.67 bits per heavy atom. The minimum absolute atomic E-state index is 0.000464. The molecule has 2 atom stereocenters. The van der Waals surface area contributed by atoms with E-state index in [0.29, 0.717) is 24.5 Å². The lowest BCUT2D eigenvalue weighted by molar-refractivity contribution is -0.107. The third kappa shape index (κ3) is 2.83. The van der Waals surface area contributed by atoms with Gasteiger partial charge in [-0.2, -0.15) is 0 Å². The number of aldehydes is 1. The highest BCUT2D eigenvalue weighted by Crippen LogP contribution is 2.37. The van der Waals surface area contributed by atoms with E-state index in [4.69, 9.17) is 26.6 Å². The summed E-state index contributed by atoms with van der Waals surface area (Å²) in [6.07, 6.45) is 0.786. The number of morpholine rings is 1. The first-order valence-corrected chi connectivity index (χ1v) is 7.91. The molecule has 0 aromatic carbocycles. The van der Waals surface area contributed by atoms with Crippen LogP contribution in [-0.4, -0.2) is 47.6 Å². The molecule has 0 radical (unpaired) electrons. The molecule has 3 heterocycles. The van der Waals surface area contributed by atoms with E-state index in [1.165, 1.54) is 0 Å². The summed E-state index contributed by atoms with van der Waals surface area (Å²) in [6.45, 7) is 5.11. The maximum absolute atomic E-state index is 11.4. The predicted molar refractivity (Wildman–Crippen MR) is 87.3 cm³/mol. The van der Waals surface area contributed by atoms with Crippen LogP contribution in [0.15, 0.2) is 4.52 Å². The molecule has 2 aromatic heterocycles. The molecule has 0 saturated carbocycles. The first-order valence-electron chi connectivity index (χ1n) is 7.54. The number of rotatable bonds is 4. The number of hydrogen-bond acceptors (Lipinski definition) is 7. The van der Waals surface area contributed by atoms with Gasteiger partial charge in [-0.1, -0.05) is 16.8 Å². The zero-order valence-corrected chi connectivity index (χ0v) is 14.0. The van der Waals surface area contributed by atoms with Crippen molar-refractivity contribution in [1.29, 1.82) is 0 Å². The lowest BCUT2D eigenvalue weighted by atomic mass is 10.1. The highest BCUT2D eigenvalue weighted by atomic mass is 35.5. The van der Waals surface area contributed by atoms with Crippen molar-refractivity contribution in [2.75, 3.05) is 18.0 Å². The molecule has 1 saturated heterocycles. The lowest BCUT2D eigenvalue weighted by Crippen LogP contribution is -2.46. The average molecular weight is 353 g/mol. The number of pyridine rings is 1. The Labute approximate surface area is 142 Å². The number of fused-ring (bicyclic) bond motifs is 1. The zero-order valence-electron chi connectivity index (χ0n) is 13.3. The summed E-state index contributed by atoms with van der Waals surface area (Å²) in [5.74, 6) is -0.768. The first kappa shape index (κ1) is 16.7. The second kappa shape index (κ2) is 6.37. The highest BCUT2D eigenvalue weighted by Gasteiger charge is 2.29. The van der Waals surface area contributed by atoms with Gasteiger partial charge in [0.05, 0.1) is 23.6 Å². The number of hydrogen-bond donors (Lipinski definition) is 1. The summed E-state index contributed by atoms with van der Waals surface area (Å²) in [7, 11) is 0. The van der Waals surface area contributed by atoms with Crippen LogP contribution >= 0.6 is 11.6 Å². The van der Waals surface area contributed by atoms with E-state index in [0.717, 1.165) is 6.29 Å². The molecule has 1 aliphatic heterocycles.